The predicted molar refractivity (Wildman–Crippen MR) is 79.3 cm³/mol. The van der Waals surface area contributed by atoms with E-state index >= 15 is 0 Å². The van der Waals surface area contributed by atoms with E-state index in [9.17, 15) is 4.79 Å². The normalized spacial score (nSPS) is 17.5. The van der Waals surface area contributed by atoms with Crippen molar-refractivity contribution in [1.29, 1.82) is 0 Å². The number of hydrogen-bond acceptors (Lipinski definition) is 6. The number of methoxy groups -OCH3 is 1. The van der Waals surface area contributed by atoms with Gasteiger partial charge in [-0.2, -0.15) is 0 Å². The molecule has 1 rings (SSSR count). The summed E-state index contributed by atoms with van der Waals surface area (Å²) in [7, 11) is 3.45. The SMILES string of the molecule is CCOC(=O)C(COCCCOCCOC)(NC)C1CC1. The Morgan fingerprint density at radius 1 is 1.19 bits per heavy atom. The van der Waals surface area contributed by atoms with Crippen molar-refractivity contribution in [2.45, 2.75) is 31.7 Å². The predicted octanol–water partition coefficient (Wildman–Crippen LogP) is 0.987. The monoisotopic (exact) mass is 303 g/mol. The molecule has 0 aliphatic heterocycles. The lowest BCUT2D eigenvalue weighted by atomic mass is 9.94. The zero-order valence-corrected chi connectivity index (χ0v) is 13.5. The maximum Gasteiger partial charge on any atom is 0.329 e. The lowest BCUT2D eigenvalue weighted by Crippen LogP contribution is -2.57. The number of likely N-dealkylation sites (N-methyl/N-ethyl adjacent to an activating group) is 1. The molecule has 0 aromatic carbocycles. The van der Waals surface area contributed by atoms with Crippen LogP contribution in [0, 0.1) is 5.92 Å². The molecule has 124 valence electrons. The van der Waals surface area contributed by atoms with Crippen molar-refractivity contribution in [3.63, 3.8) is 0 Å². The van der Waals surface area contributed by atoms with E-state index in [2.05, 4.69) is 5.32 Å². The van der Waals surface area contributed by atoms with Crippen LogP contribution in [0.5, 0.6) is 0 Å². The third-order valence-corrected chi connectivity index (χ3v) is 3.70. The van der Waals surface area contributed by atoms with Crippen molar-refractivity contribution in [2.75, 3.05) is 53.8 Å². The summed E-state index contributed by atoms with van der Waals surface area (Å²) in [6.07, 6.45) is 2.89. The molecule has 1 N–H and O–H groups in total. The molecule has 0 aromatic rings. The molecule has 0 bridgehead atoms. The van der Waals surface area contributed by atoms with Crippen LogP contribution >= 0.6 is 0 Å². The van der Waals surface area contributed by atoms with Gasteiger partial charge in [-0.1, -0.05) is 0 Å². The van der Waals surface area contributed by atoms with Crippen molar-refractivity contribution in [3.8, 4) is 0 Å². The number of hydrogen-bond donors (Lipinski definition) is 1. The van der Waals surface area contributed by atoms with Gasteiger partial charge in [0.2, 0.25) is 0 Å². The van der Waals surface area contributed by atoms with Crippen molar-refractivity contribution >= 4 is 5.97 Å². The van der Waals surface area contributed by atoms with Crippen molar-refractivity contribution in [1.82, 2.24) is 5.32 Å². The zero-order valence-electron chi connectivity index (χ0n) is 13.5. The molecule has 0 heterocycles. The summed E-state index contributed by atoms with van der Waals surface area (Å²) in [6.45, 7) is 4.98. The molecule has 1 fully saturated rings. The van der Waals surface area contributed by atoms with Crippen LogP contribution in [0.1, 0.15) is 26.2 Å². The van der Waals surface area contributed by atoms with Gasteiger partial charge in [0.25, 0.3) is 0 Å². The number of ether oxygens (including phenoxy) is 4. The van der Waals surface area contributed by atoms with E-state index in [1.54, 1.807) is 14.2 Å². The lowest BCUT2D eigenvalue weighted by molar-refractivity contribution is -0.155. The van der Waals surface area contributed by atoms with Crippen LogP contribution in [0.4, 0.5) is 0 Å². The molecular formula is C15H29NO5. The quantitative estimate of drug-likeness (QED) is 0.404. The molecule has 6 nitrogen and oxygen atoms in total. The van der Waals surface area contributed by atoms with E-state index in [-0.39, 0.29) is 5.97 Å². The summed E-state index contributed by atoms with van der Waals surface area (Å²) in [5.41, 5.74) is -0.688. The zero-order chi connectivity index (χ0) is 15.6. The van der Waals surface area contributed by atoms with Gasteiger partial charge in [-0.25, -0.2) is 4.79 Å². The van der Waals surface area contributed by atoms with Crippen LogP contribution < -0.4 is 5.32 Å². The van der Waals surface area contributed by atoms with Crippen LogP contribution in [-0.2, 0) is 23.7 Å². The van der Waals surface area contributed by atoms with Gasteiger partial charge in [-0.3, -0.25) is 0 Å². The van der Waals surface area contributed by atoms with Crippen LogP contribution in [-0.4, -0.2) is 65.3 Å². The van der Waals surface area contributed by atoms with E-state index in [0.717, 1.165) is 19.3 Å². The summed E-state index contributed by atoms with van der Waals surface area (Å²) in [5.74, 6) is 0.117. The van der Waals surface area contributed by atoms with Gasteiger partial charge >= 0.3 is 5.97 Å². The Bertz CT molecular complexity index is 296. The van der Waals surface area contributed by atoms with Crippen LogP contribution in [0.25, 0.3) is 0 Å². The second kappa shape index (κ2) is 10.1. The van der Waals surface area contributed by atoms with Gasteiger partial charge in [0.1, 0.15) is 5.54 Å². The van der Waals surface area contributed by atoms with Crippen LogP contribution in [0.15, 0.2) is 0 Å². The third-order valence-electron chi connectivity index (χ3n) is 3.70. The number of carbonyl (C=O) groups excluding carboxylic acids is 1. The molecule has 1 aliphatic rings. The second-order valence-corrected chi connectivity index (χ2v) is 5.23. The van der Waals surface area contributed by atoms with Gasteiger partial charge in [0.15, 0.2) is 0 Å². The first-order valence-corrected chi connectivity index (χ1v) is 7.71. The highest BCUT2D eigenvalue weighted by molar-refractivity contribution is 5.82. The van der Waals surface area contributed by atoms with Crippen LogP contribution in [0.2, 0.25) is 0 Å². The molecule has 6 heteroatoms. The minimum Gasteiger partial charge on any atom is -0.465 e. The van der Waals surface area contributed by atoms with E-state index in [0.29, 0.717) is 45.6 Å². The third kappa shape index (κ3) is 5.90. The standard InChI is InChI=1S/C15H29NO5/c1-4-21-14(17)15(16-2,13-6-7-13)12-20-9-5-8-19-11-10-18-3/h13,16H,4-12H2,1-3H3. The van der Waals surface area contributed by atoms with Crippen molar-refractivity contribution in [2.24, 2.45) is 5.92 Å². The molecule has 1 aliphatic carbocycles. The Balaban J connectivity index is 2.26. The van der Waals surface area contributed by atoms with Gasteiger partial charge in [-0.05, 0) is 39.2 Å². The van der Waals surface area contributed by atoms with Gasteiger partial charge < -0.3 is 24.3 Å². The highest BCUT2D eigenvalue weighted by Gasteiger charge is 2.51. The summed E-state index contributed by atoms with van der Waals surface area (Å²) in [5, 5.41) is 3.13. The maximum absolute atomic E-state index is 12.2. The highest BCUT2D eigenvalue weighted by Crippen LogP contribution is 2.40. The number of rotatable bonds is 13. The number of nitrogens with one attached hydrogen (secondary N) is 1. The van der Waals surface area contributed by atoms with E-state index in [1.807, 2.05) is 6.92 Å². The fourth-order valence-corrected chi connectivity index (χ4v) is 2.30. The minimum atomic E-state index is -0.688. The average Bonchev–Trinajstić information content (AvgIpc) is 3.31. The molecule has 0 radical (unpaired) electrons. The van der Waals surface area contributed by atoms with Crippen molar-refractivity contribution < 1.29 is 23.7 Å². The van der Waals surface area contributed by atoms with Gasteiger partial charge in [0, 0.05) is 20.3 Å². The fraction of sp³-hybridized carbons (Fsp3) is 0.933. The van der Waals surface area contributed by atoms with Gasteiger partial charge in [-0.15, -0.1) is 0 Å². The molecule has 1 unspecified atom stereocenters. The first kappa shape index (κ1) is 18.4. The first-order valence-electron chi connectivity index (χ1n) is 7.71. The largest absolute Gasteiger partial charge is 0.465 e. The molecule has 0 saturated heterocycles. The van der Waals surface area contributed by atoms with E-state index in [4.69, 9.17) is 18.9 Å². The molecular weight excluding hydrogens is 274 g/mol. The summed E-state index contributed by atoms with van der Waals surface area (Å²) >= 11 is 0. The topological polar surface area (TPSA) is 66.0 Å². The maximum atomic E-state index is 12.2. The molecule has 21 heavy (non-hydrogen) atoms. The van der Waals surface area contributed by atoms with Crippen LogP contribution in [0.3, 0.4) is 0 Å². The summed E-state index contributed by atoms with van der Waals surface area (Å²) in [6, 6.07) is 0. The summed E-state index contributed by atoms with van der Waals surface area (Å²) < 4.78 is 21.2. The average molecular weight is 303 g/mol. The number of carbonyl (C=O) groups is 1. The Morgan fingerprint density at radius 2 is 1.90 bits per heavy atom. The van der Waals surface area contributed by atoms with Gasteiger partial charge in [0.05, 0.1) is 26.4 Å². The molecule has 1 atom stereocenters. The second-order valence-electron chi connectivity index (χ2n) is 5.23. The molecule has 0 spiro atoms. The van der Waals surface area contributed by atoms with Crippen molar-refractivity contribution in [3.05, 3.63) is 0 Å². The Morgan fingerprint density at radius 3 is 2.48 bits per heavy atom. The van der Waals surface area contributed by atoms with E-state index < -0.39 is 5.54 Å². The molecule has 1 saturated carbocycles. The lowest BCUT2D eigenvalue weighted by Gasteiger charge is -2.31. The summed E-state index contributed by atoms with van der Waals surface area (Å²) in [4.78, 5) is 12.2. The fourth-order valence-electron chi connectivity index (χ4n) is 2.30. The Hall–Kier alpha value is -0.690. The molecule has 0 amide bonds. The highest BCUT2D eigenvalue weighted by atomic mass is 16.5. The Kier molecular flexibility index (Phi) is 8.84. The molecule has 0 aromatic heterocycles. The van der Waals surface area contributed by atoms with E-state index in [1.165, 1.54) is 0 Å². The number of esters is 1. The Labute approximate surface area is 127 Å². The smallest absolute Gasteiger partial charge is 0.329 e. The first-order chi connectivity index (χ1) is 10.2. The minimum absolute atomic E-state index is 0.202.